The number of nitrogens with one attached hydrogen (secondary N) is 1. The van der Waals surface area contributed by atoms with E-state index in [0.29, 0.717) is 17.4 Å². The Hall–Kier alpha value is -2.02. The van der Waals surface area contributed by atoms with Crippen LogP contribution in [0.5, 0.6) is 0 Å². The fourth-order valence-electron chi connectivity index (χ4n) is 2.07. The van der Waals surface area contributed by atoms with Gasteiger partial charge in [-0.2, -0.15) is 5.10 Å². The molecule has 0 aromatic carbocycles. The molecule has 3 N–H and O–H groups in total. The lowest BCUT2D eigenvalue weighted by molar-refractivity contribution is 0.412. The third-order valence-corrected chi connectivity index (χ3v) is 3.22. The van der Waals surface area contributed by atoms with Gasteiger partial charge in [-0.25, -0.2) is 0 Å². The van der Waals surface area contributed by atoms with Gasteiger partial charge in [-0.15, -0.1) is 5.10 Å². The lowest BCUT2D eigenvalue weighted by Gasteiger charge is -2.14. The molecule has 0 bridgehead atoms. The minimum Gasteiger partial charge on any atom is -0.389 e. The standard InChI is InChI=1S/C13H17N5OS/c1-3-9-10(4-2)16-17-13(11(9)12(14)20)15-7-8-5-6-19-18-8/h5-6H,3-4,7H2,1-2H3,(H2,14,20)(H,15,17). The SMILES string of the molecule is CCc1nnc(NCc2ccon2)c(C(N)=S)c1CC. The molecule has 0 aliphatic carbocycles. The van der Waals surface area contributed by atoms with Crippen LogP contribution in [0.4, 0.5) is 5.82 Å². The van der Waals surface area contributed by atoms with Crippen molar-refractivity contribution in [2.24, 2.45) is 5.73 Å². The average molecular weight is 291 g/mol. The molecule has 7 heteroatoms. The van der Waals surface area contributed by atoms with E-state index in [-0.39, 0.29) is 0 Å². The van der Waals surface area contributed by atoms with Crippen molar-refractivity contribution in [1.82, 2.24) is 15.4 Å². The molecule has 0 unspecified atom stereocenters. The zero-order chi connectivity index (χ0) is 14.5. The van der Waals surface area contributed by atoms with Gasteiger partial charge in [0.2, 0.25) is 0 Å². The first-order valence-electron chi connectivity index (χ1n) is 6.48. The first kappa shape index (κ1) is 14.4. The van der Waals surface area contributed by atoms with Crippen LogP contribution >= 0.6 is 12.2 Å². The number of anilines is 1. The second-order valence-corrected chi connectivity index (χ2v) is 4.70. The van der Waals surface area contributed by atoms with E-state index in [1.165, 1.54) is 6.26 Å². The Kier molecular flexibility index (Phi) is 4.62. The molecule has 0 atom stereocenters. The summed E-state index contributed by atoms with van der Waals surface area (Å²) in [6.07, 6.45) is 3.13. The van der Waals surface area contributed by atoms with Crippen LogP contribution in [0.25, 0.3) is 0 Å². The predicted octanol–water partition coefficient (Wildman–Crippen LogP) is 1.84. The molecule has 0 radical (unpaired) electrons. The molecule has 2 aromatic heterocycles. The molecule has 20 heavy (non-hydrogen) atoms. The van der Waals surface area contributed by atoms with Crippen LogP contribution in [0, 0.1) is 0 Å². The van der Waals surface area contributed by atoms with Gasteiger partial charge in [-0.1, -0.05) is 31.2 Å². The Labute approximate surface area is 122 Å². The molecule has 0 saturated heterocycles. The molecule has 2 rings (SSSR count). The van der Waals surface area contributed by atoms with Gasteiger partial charge < -0.3 is 15.6 Å². The fourth-order valence-corrected chi connectivity index (χ4v) is 2.28. The number of hydrogen-bond acceptors (Lipinski definition) is 6. The van der Waals surface area contributed by atoms with E-state index in [4.69, 9.17) is 22.5 Å². The summed E-state index contributed by atoms with van der Waals surface area (Å²) in [4.78, 5) is 0.328. The average Bonchev–Trinajstić information content (AvgIpc) is 2.96. The summed E-state index contributed by atoms with van der Waals surface area (Å²) in [6, 6.07) is 1.78. The molecule has 2 aromatic rings. The van der Waals surface area contributed by atoms with Gasteiger partial charge in [-0.05, 0) is 18.4 Å². The predicted molar refractivity (Wildman–Crippen MR) is 80.5 cm³/mol. The van der Waals surface area contributed by atoms with Crippen molar-refractivity contribution in [3.05, 3.63) is 34.8 Å². The zero-order valence-electron chi connectivity index (χ0n) is 11.5. The summed E-state index contributed by atoms with van der Waals surface area (Å²) in [5, 5.41) is 15.4. The maximum absolute atomic E-state index is 5.85. The molecule has 0 aliphatic heterocycles. The minimum atomic E-state index is 0.328. The highest BCUT2D eigenvalue weighted by Crippen LogP contribution is 2.21. The van der Waals surface area contributed by atoms with Crippen LogP contribution in [-0.2, 0) is 19.4 Å². The van der Waals surface area contributed by atoms with Crippen molar-refractivity contribution in [1.29, 1.82) is 0 Å². The molecular formula is C13H17N5OS. The van der Waals surface area contributed by atoms with Crippen molar-refractivity contribution in [2.45, 2.75) is 33.2 Å². The first-order chi connectivity index (χ1) is 9.67. The van der Waals surface area contributed by atoms with E-state index in [1.54, 1.807) is 6.07 Å². The Balaban J connectivity index is 2.34. The summed E-state index contributed by atoms with van der Waals surface area (Å²) in [7, 11) is 0. The van der Waals surface area contributed by atoms with Gasteiger partial charge in [0.1, 0.15) is 16.9 Å². The highest BCUT2D eigenvalue weighted by atomic mass is 32.1. The summed E-state index contributed by atoms with van der Waals surface area (Å²) < 4.78 is 4.79. The van der Waals surface area contributed by atoms with Gasteiger partial charge in [0.15, 0.2) is 5.82 Å². The smallest absolute Gasteiger partial charge is 0.159 e. The van der Waals surface area contributed by atoms with Crippen molar-refractivity contribution in [2.75, 3.05) is 5.32 Å². The zero-order valence-corrected chi connectivity index (χ0v) is 12.3. The Bertz CT molecular complexity index is 597. The first-order valence-corrected chi connectivity index (χ1v) is 6.89. The number of aromatic nitrogens is 3. The van der Waals surface area contributed by atoms with E-state index < -0.39 is 0 Å². The van der Waals surface area contributed by atoms with E-state index >= 15 is 0 Å². The van der Waals surface area contributed by atoms with Crippen LogP contribution in [0.2, 0.25) is 0 Å². The molecule has 0 fully saturated rings. The molecule has 0 amide bonds. The largest absolute Gasteiger partial charge is 0.389 e. The number of nitrogens with zero attached hydrogens (tertiary/aromatic N) is 3. The third kappa shape index (κ3) is 2.93. The molecular weight excluding hydrogens is 274 g/mol. The van der Waals surface area contributed by atoms with Gasteiger partial charge >= 0.3 is 0 Å². The summed E-state index contributed by atoms with van der Waals surface area (Å²) in [5.74, 6) is 0.592. The second-order valence-electron chi connectivity index (χ2n) is 4.26. The highest BCUT2D eigenvalue weighted by molar-refractivity contribution is 7.80. The number of rotatable bonds is 6. The van der Waals surface area contributed by atoms with Gasteiger partial charge in [0.25, 0.3) is 0 Å². The molecule has 0 saturated carbocycles. The lowest BCUT2D eigenvalue weighted by Crippen LogP contribution is -2.19. The van der Waals surface area contributed by atoms with Gasteiger partial charge in [0, 0.05) is 6.07 Å². The maximum Gasteiger partial charge on any atom is 0.159 e. The topological polar surface area (TPSA) is 89.9 Å². The molecule has 106 valence electrons. The van der Waals surface area contributed by atoms with E-state index in [9.17, 15) is 0 Å². The van der Waals surface area contributed by atoms with Crippen molar-refractivity contribution in [3.63, 3.8) is 0 Å². The Morgan fingerprint density at radius 3 is 2.70 bits per heavy atom. The molecule has 0 aliphatic rings. The quantitative estimate of drug-likeness (QED) is 0.785. The van der Waals surface area contributed by atoms with Crippen LogP contribution in [0.15, 0.2) is 16.9 Å². The second kappa shape index (κ2) is 6.42. The summed E-state index contributed by atoms with van der Waals surface area (Å²) >= 11 is 5.16. The van der Waals surface area contributed by atoms with Crippen LogP contribution < -0.4 is 11.1 Å². The van der Waals surface area contributed by atoms with Gasteiger partial charge in [0.05, 0.1) is 17.8 Å². The van der Waals surface area contributed by atoms with Gasteiger partial charge in [-0.3, -0.25) is 0 Å². The number of thiocarbonyl (C=S) groups is 1. The van der Waals surface area contributed by atoms with Crippen LogP contribution in [0.1, 0.15) is 36.4 Å². The lowest BCUT2D eigenvalue weighted by atomic mass is 10.0. The number of aryl methyl sites for hydroxylation is 1. The minimum absolute atomic E-state index is 0.328. The van der Waals surface area contributed by atoms with Crippen LogP contribution in [-0.4, -0.2) is 20.3 Å². The van der Waals surface area contributed by atoms with Crippen molar-refractivity contribution in [3.8, 4) is 0 Å². The number of hydrogen-bond donors (Lipinski definition) is 2. The van der Waals surface area contributed by atoms with E-state index in [0.717, 1.165) is 35.4 Å². The van der Waals surface area contributed by atoms with E-state index in [1.807, 2.05) is 6.92 Å². The summed E-state index contributed by atoms with van der Waals surface area (Å²) in [6.45, 7) is 4.57. The Morgan fingerprint density at radius 2 is 2.15 bits per heavy atom. The summed E-state index contributed by atoms with van der Waals surface area (Å²) in [5.41, 5.74) is 9.39. The van der Waals surface area contributed by atoms with Crippen molar-refractivity contribution < 1.29 is 4.52 Å². The molecule has 2 heterocycles. The normalized spacial score (nSPS) is 10.5. The van der Waals surface area contributed by atoms with Crippen molar-refractivity contribution >= 4 is 23.0 Å². The fraction of sp³-hybridized carbons (Fsp3) is 0.385. The molecule has 0 spiro atoms. The number of nitrogens with two attached hydrogens (primary N) is 1. The highest BCUT2D eigenvalue weighted by Gasteiger charge is 2.16. The monoisotopic (exact) mass is 291 g/mol. The maximum atomic E-state index is 5.85. The third-order valence-electron chi connectivity index (χ3n) is 3.02. The molecule has 6 nitrogen and oxygen atoms in total. The Morgan fingerprint density at radius 1 is 1.35 bits per heavy atom. The van der Waals surface area contributed by atoms with Crippen LogP contribution in [0.3, 0.4) is 0 Å². The van der Waals surface area contributed by atoms with E-state index in [2.05, 4.69) is 27.6 Å².